The fraction of sp³-hybridized carbons (Fsp3) is 0.333. The highest BCUT2D eigenvalue weighted by Crippen LogP contribution is 2.30. The van der Waals surface area contributed by atoms with Crippen LogP contribution in [0.2, 0.25) is 0 Å². The Balaban J connectivity index is 2.21. The highest BCUT2D eigenvalue weighted by Gasteiger charge is 2.29. The van der Waals surface area contributed by atoms with Crippen LogP contribution in [0.1, 0.15) is 5.56 Å². The average molecular weight is 283 g/mol. The highest BCUT2D eigenvalue weighted by atomic mass is 32.2. The number of ether oxygens (including phenoxy) is 2. The maximum atomic E-state index is 11.7. The second-order valence-corrected chi connectivity index (χ2v) is 5.64. The standard InChI is InChI=1S/C12H13NO3S2/c1-15-8-3-4-9(16-2)7(5-8)6-10-11(14)13-12(17)18-10/h3-5,10H,6H2,1-2H3,(H,13,14,17)/t10-/m0/s1. The molecular formula is C12H13NO3S2. The first-order valence-electron chi connectivity index (χ1n) is 5.36. The van der Waals surface area contributed by atoms with Gasteiger partial charge in [-0.25, -0.2) is 0 Å². The summed E-state index contributed by atoms with van der Waals surface area (Å²) in [5.41, 5.74) is 0.939. The number of benzene rings is 1. The van der Waals surface area contributed by atoms with E-state index < -0.39 is 0 Å². The molecule has 1 fully saturated rings. The number of carbonyl (C=O) groups excluding carboxylic acids is 1. The molecule has 0 radical (unpaired) electrons. The second-order valence-electron chi connectivity index (χ2n) is 3.77. The summed E-state index contributed by atoms with van der Waals surface area (Å²) in [7, 11) is 3.22. The van der Waals surface area contributed by atoms with Crippen LogP contribution in [0.5, 0.6) is 11.5 Å². The van der Waals surface area contributed by atoms with Crippen molar-refractivity contribution >= 4 is 34.2 Å². The van der Waals surface area contributed by atoms with E-state index in [-0.39, 0.29) is 11.2 Å². The van der Waals surface area contributed by atoms with Crippen molar-refractivity contribution < 1.29 is 14.3 Å². The molecule has 1 amide bonds. The lowest BCUT2D eigenvalue weighted by molar-refractivity contribution is -0.118. The molecule has 0 spiro atoms. The molecular weight excluding hydrogens is 270 g/mol. The van der Waals surface area contributed by atoms with E-state index in [1.807, 2.05) is 18.2 Å². The van der Waals surface area contributed by atoms with Gasteiger partial charge in [0.25, 0.3) is 0 Å². The van der Waals surface area contributed by atoms with E-state index >= 15 is 0 Å². The lowest BCUT2D eigenvalue weighted by Crippen LogP contribution is -2.25. The molecule has 6 heteroatoms. The van der Waals surface area contributed by atoms with E-state index in [1.54, 1.807) is 14.2 Å². The Morgan fingerprint density at radius 3 is 2.72 bits per heavy atom. The molecule has 18 heavy (non-hydrogen) atoms. The molecule has 2 rings (SSSR count). The molecule has 96 valence electrons. The summed E-state index contributed by atoms with van der Waals surface area (Å²) < 4.78 is 11.0. The van der Waals surface area contributed by atoms with Gasteiger partial charge in [-0.3, -0.25) is 4.79 Å². The topological polar surface area (TPSA) is 47.6 Å². The molecule has 0 saturated carbocycles. The van der Waals surface area contributed by atoms with Crippen LogP contribution in [-0.2, 0) is 11.2 Å². The Morgan fingerprint density at radius 1 is 1.39 bits per heavy atom. The Morgan fingerprint density at radius 2 is 2.17 bits per heavy atom. The molecule has 1 atom stereocenters. The number of amides is 1. The summed E-state index contributed by atoms with van der Waals surface area (Å²) in [6, 6.07) is 5.55. The smallest absolute Gasteiger partial charge is 0.239 e. The summed E-state index contributed by atoms with van der Waals surface area (Å²) in [4.78, 5) is 11.7. The van der Waals surface area contributed by atoms with E-state index in [2.05, 4.69) is 5.32 Å². The number of thiocarbonyl (C=S) groups is 1. The fourth-order valence-electron chi connectivity index (χ4n) is 1.77. The number of thioether (sulfide) groups is 1. The van der Waals surface area contributed by atoms with Gasteiger partial charge < -0.3 is 14.8 Å². The minimum Gasteiger partial charge on any atom is -0.497 e. The molecule has 1 N–H and O–H groups in total. The van der Waals surface area contributed by atoms with Crippen molar-refractivity contribution in [2.75, 3.05) is 14.2 Å². The van der Waals surface area contributed by atoms with E-state index in [9.17, 15) is 4.79 Å². The number of carbonyl (C=O) groups is 1. The third-order valence-corrected chi connectivity index (χ3v) is 4.03. The van der Waals surface area contributed by atoms with Crippen LogP contribution in [0.25, 0.3) is 0 Å². The Kier molecular flexibility index (Phi) is 4.08. The van der Waals surface area contributed by atoms with Gasteiger partial charge in [0.1, 0.15) is 15.8 Å². The summed E-state index contributed by atoms with van der Waals surface area (Å²) in [6.07, 6.45) is 0.566. The Hall–Kier alpha value is -1.27. The van der Waals surface area contributed by atoms with Gasteiger partial charge in [-0.05, 0) is 30.2 Å². The van der Waals surface area contributed by atoms with Gasteiger partial charge in [0.2, 0.25) is 5.91 Å². The van der Waals surface area contributed by atoms with Crippen LogP contribution in [0, 0.1) is 0 Å². The molecule has 4 nitrogen and oxygen atoms in total. The van der Waals surface area contributed by atoms with Crippen LogP contribution in [-0.4, -0.2) is 29.7 Å². The zero-order valence-corrected chi connectivity index (χ0v) is 11.7. The van der Waals surface area contributed by atoms with Crippen LogP contribution in [0.3, 0.4) is 0 Å². The van der Waals surface area contributed by atoms with Gasteiger partial charge in [-0.1, -0.05) is 24.0 Å². The molecule has 1 saturated heterocycles. The van der Waals surface area contributed by atoms with E-state index in [1.165, 1.54) is 11.8 Å². The van der Waals surface area contributed by atoms with Crippen molar-refractivity contribution in [2.24, 2.45) is 0 Å². The summed E-state index contributed by atoms with van der Waals surface area (Å²) >= 11 is 6.35. The molecule has 1 aromatic carbocycles. The van der Waals surface area contributed by atoms with Crippen molar-refractivity contribution in [1.29, 1.82) is 0 Å². The van der Waals surface area contributed by atoms with Gasteiger partial charge in [-0.2, -0.15) is 0 Å². The summed E-state index contributed by atoms with van der Waals surface area (Å²) in [5, 5.41) is 2.44. The Labute approximate surface area is 115 Å². The van der Waals surface area contributed by atoms with Crippen LogP contribution < -0.4 is 14.8 Å². The average Bonchev–Trinajstić information content (AvgIpc) is 2.67. The van der Waals surface area contributed by atoms with Gasteiger partial charge in [0.05, 0.1) is 19.5 Å². The number of methoxy groups -OCH3 is 2. The van der Waals surface area contributed by atoms with Crippen LogP contribution >= 0.6 is 24.0 Å². The zero-order valence-electron chi connectivity index (χ0n) is 10.1. The molecule has 0 bridgehead atoms. The summed E-state index contributed by atoms with van der Waals surface area (Å²) in [5.74, 6) is 1.45. The van der Waals surface area contributed by atoms with Crippen molar-refractivity contribution in [2.45, 2.75) is 11.7 Å². The maximum Gasteiger partial charge on any atom is 0.239 e. The Bertz CT molecular complexity index is 490. The van der Waals surface area contributed by atoms with Crippen LogP contribution in [0.4, 0.5) is 0 Å². The van der Waals surface area contributed by atoms with Crippen molar-refractivity contribution in [3.63, 3.8) is 0 Å². The van der Waals surface area contributed by atoms with Crippen LogP contribution in [0.15, 0.2) is 18.2 Å². The van der Waals surface area contributed by atoms with Gasteiger partial charge in [-0.15, -0.1) is 0 Å². The molecule has 0 unspecified atom stereocenters. The normalized spacial score (nSPS) is 18.7. The fourth-order valence-corrected chi connectivity index (χ4v) is 3.06. The quantitative estimate of drug-likeness (QED) is 0.853. The van der Waals surface area contributed by atoms with E-state index in [0.29, 0.717) is 10.7 Å². The van der Waals surface area contributed by atoms with Gasteiger partial charge in [0, 0.05) is 0 Å². The first-order chi connectivity index (χ1) is 8.63. The zero-order chi connectivity index (χ0) is 13.1. The first kappa shape index (κ1) is 13.2. The van der Waals surface area contributed by atoms with Crippen molar-refractivity contribution in [3.8, 4) is 11.5 Å². The number of nitrogens with one attached hydrogen (secondary N) is 1. The molecule has 0 aliphatic carbocycles. The summed E-state index contributed by atoms with van der Waals surface area (Å²) in [6.45, 7) is 0. The first-order valence-corrected chi connectivity index (χ1v) is 6.65. The van der Waals surface area contributed by atoms with E-state index in [0.717, 1.165) is 17.1 Å². The second kappa shape index (κ2) is 5.58. The number of hydrogen-bond donors (Lipinski definition) is 1. The minimum atomic E-state index is -0.196. The largest absolute Gasteiger partial charge is 0.497 e. The molecule has 1 aliphatic heterocycles. The van der Waals surface area contributed by atoms with Crippen molar-refractivity contribution in [3.05, 3.63) is 23.8 Å². The van der Waals surface area contributed by atoms with Gasteiger partial charge in [0.15, 0.2) is 0 Å². The molecule has 1 aliphatic rings. The number of rotatable bonds is 4. The molecule has 1 heterocycles. The maximum absolute atomic E-state index is 11.7. The molecule has 1 aromatic rings. The lowest BCUT2D eigenvalue weighted by atomic mass is 10.1. The minimum absolute atomic E-state index is 0.0464. The predicted octanol–water partition coefficient (Wildman–Crippen LogP) is 1.76. The van der Waals surface area contributed by atoms with Gasteiger partial charge >= 0.3 is 0 Å². The van der Waals surface area contributed by atoms with Crippen molar-refractivity contribution in [1.82, 2.24) is 5.32 Å². The predicted molar refractivity (Wildman–Crippen MR) is 75.4 cm³/mol. The van der Waals surface area contributed by atoms with E-state index in [4.69, 9.17) is 21.7 Å². The number of hydrogen-bond acceptors (Lipinski definition) is 5. The monoisotopic (exact) mass is 283 g/mol. The molecule has 0 aromatic heterocycles. The third-order valence-electron chi connectivity index (χ3n) is 2.66. The highest BCUT2D eigenvalue weighted by molar-refractivity contribution is 8.24. The SMILES string of the molecule is COc1ccc(OC)c(C[C@@H]2SC(=S)NC2=O)c1. The third kappa shape index (κ3) is 2.76. The lowest BCUT2D eigenvalue weighted by Gasteiger charge is -2.12.